The number of benzene rings is 1. The molecule has 0 saturated carbocycles. The van der Waals surface area contributed by atoms with Crippen LogP contribution in [0, 0.1) is 17.1 Å². The second-order valence-corrected chi connectivity index (χ2v) is 4.81. The van der Waals surface area contributed by atoms with E-state index in [-0.39, 0.29) is 24.6 Å². The molecule has 1 aromatic heterocycles. The monoisotopic (exact) mass is 325 g/mol. The minimum atomic E-state index is -0.849. The third-order valence-electron chi connectivity index (χ3n) is 2.33. The largest absolute Gasteiger partial charge is 0.392 e. The SMILES string of the molecule is N#CCC(O)Cc1nc(-c2cc(F)cc(Br)c2)no1. The van der Waals surface area contributed by atoms with Gasteiger partial charge in [-0.05, 0) is 18.2 Å². The molecule has 0 amide bonds. The Morgan fingerprint density at radius 1 is 1.47 bits per heavy atom. The topological polar surface area (TPSA) is 82.9 Å². The van der Waals surface area contributed by atoms with E-state index in [2.05, 4.69) is 26.1 Å². The molecule has 1 unspecified atom stereocenters. The zero-order chi connectivity index (χ0) is 13.8. The van der Waals surface area contributed by atoms with Gasteiger partial charge in [0.05, 0.1) is 25.0 Å². The number of hydrogen-bond acceptors (Lipinski definition) is 5. The van der Waals surface area contributed by atoms with Crippen LogP contribution in [0.5, 0.6) is 0 Å². The van der Waals surface area contributed by atoms with Gasteiger partial charge in [0, 0.05) is 10.0 Å². The number of aromatic nitrogens is 2. The Bertz CT molecular complexity index is 603. The summed E-state index contributed by atoms with van der Waals surface area (Å²) < 4.78 is 18.8. The van der Waals surface area contributed by atoms with Crippen molar-refractivity contribution in [1.29, 1.82) is 5.26 Å². The van der Waals surface area contributed by atoms with Crippen LogP contribution in [0.4, 0.5) is 4.39 Å². The predicted molar refractivity (Wildman–Crippen MR) is 67.3 cm³/mol. The Morgan fingerprint density at radius 2 is 2.26 bits per heavy atom. The van der Waals surface area contributed by atoms with Gasteiger partial charge in [0.25, 0.3) is 0 Å². The van der Waals surface area contributed by atoms with Crippen LogP contribution in [0.3, 0.4) is 0 Å². The predicted octanol–water partition coefficient (Wildman–Crippen LogP) is 2.46. The summed E-state index contributed by atoms with van der Waals surface area (Å²) in [4.78, 5) is 4.05. The number of nitrogens with zero attached hydrogens (tertiary/aromatic N) is 3. The van der Waals surface area contributed by atoms with Gasteiger partial charge in [0.1, 0.15) is 5.82 Å². The maximum atomic E-state index is 13.2. The molecule has 2 rings (SSSR count). The van der Waals surface area contributed by atoms with Crippen molar-refractivity contribution in [3.63, 3.8) is 0 Å². The summed E-state index contributed by atoms with van der Waals surface area (Å²) in [5.74, 6) is 0.0257. The molecule has 2 aromatic rings. The number of nitriles is 1. The van der Waals surface area contributed by atoms with Crippen LogP contribution in [-0.4, -0.2) is 21.4 Å². The molecule has 1 N–H and O–H groups in total. The Balaban J connectivity index is 2.19. The van der Waals surface area contributed by atoms with Gasteiger partial charge in [-0.3, -0.25) is 0 Å². The zero-order valence-electron chi connectivity index (χ0n) is 9.68. The summed E-state index contributed by atoms with van der Waals surface area (Å²) in [6.07, 6.45) is -0.766. The molecule has 1 heterocycles. The number of rotatable bonds is 4. The summed E-state index contributed by atoms with van der Waals surface area (Å²) in [7, 11) is 0. The minimum Gasteiger partial charge on any atom is -0.392 e. The van der Waals surface area contributed by atoms with Crippen LogP contribution in [0.25, 0.3) is 11.4 Å². The Hall–Kier alpha value is -1.78. The Kier molecular flexibility index (Phi) is 4.24. The van der Waals surface area contributed by atoms with E-state index in [0.29, 0.717) is 10.0 Å². The van der Waals surface area contributed by atoms with Crippen molar-refractivity contribution in [2.45, 2.75) is 18.9 Å². The maximum absolute atomic E-state index is 13.2. The summed E-state index contributed by atoms with van der Waals surface area (Å²) >= 11 is 3.18. The van der Waals surface area contributed by atoms with Crippen LogP contribution in [0.2, 0.25) is 0 Å². The van der Waals surface area contributed by atoms with Crippen molar-refractivity contribution in [2.24, 2.45) is 0 Å². The average molecular weight is 326 g/mol. The van der Waals surface area contributed by atoms with Crippen molar-refractivity contribution < 1.29 is 14.0 Å². The van der Waals surface area contributed by atoms with E-state index in [9.17, 15) is 9.50 Å². The van der Waals surface area contributed by atoms with Crippen LogP contribution >= 0.6 is 15.9 Å². The first kappa shape index (κ1) is 13.6. The fraction of sp³-hybridized carbons (Fsp3) is 0.250. The fourth-order valence-corrected chi connectivity index (χ4v) is 1.98. The Morgan fingerprint density at radius 3 is 2.95 bits per heavy atom. The van der Waals surface area contributed by atoms with Gasteiger partial charge < -0.3 is 9.63 Å². The van der Waals surface area contributed by atoms with Crippen LogP contribution < -0.4 is 0 Å². The van der Waals surface area contributed by atoms with Crippen molar-refractivity contribution in [1.82, 2.24) is 10.1 Å². The maximum Gasteiger partial charge on any atom is 0.229 e. The molecule has 0 spiro atoms. The smallest absolute Gasteiger partial charge is 0.229 e. The van der Waals surface area contributed by atoms with Crippen LogP contribution in [0.1, 0.15) is 12.3 Å². The zero-order valence-corrected chi connectivity index (χ0v) is 11.3. The first-order valence-corrected chi connectivity index (χ1v) is 6.22. The number of hydrogen-bond donors (Lipinski definition) is 1. The molecule has 0 aliphatic carbocycles. The third kappa shape index (κ3) is 3.59. The van der Waals surface area contributed by atoms with Crippen molar-refractivity contribution in [3.8, 4) is 17.5 Å². The van der Waals surface area contributed by atoms with Gasteiger partial charge in [-0.1, -0.05) is 21.1 Å². The highest BCUT2D eigenvalue weighted by molar-refractivity contribution is 9.10. The average Bonchev–Trinajstić information content (AvgIpc) is 2.76. The normalized spacial score (nSPS) is 12.1. The summed E-state index contributed by atoms with van der Waals surface area (Å²) in [6, 6.07) is 6.11. The van der Waals surface area contributed by atoms with Crippen LogP contribution in [-0.2, 0) is 6.42 Å². The second-order valence-electron chi connectivity index (χ2n) is 3.89. The van der Waals surface area contributed by atoms with Crippen molar-refractivity contribution in [3.05, 3.63) is 34.4 Å². The molecule has 0 bridgehead atoms. The molecule has 5 nitrogen and oxygen atoms in total. The fourth-order valence-electron chi connectivity index (χ4n) is 1.52. The van der Waals surface area contributed by atoms with E-state index in [0.717, 1.165) is 0 Å². The second kappa shape index (κ2) is 5.91. The first-order valence-electron chi connectivity index (χ1n) is 5.42. The number of aliphatic hydroxyl groups excluding tert-OH is 1. The molecule has 1 aromatic carbocycles. The number of halogens is 2. The van der Waals surface area contributed by atoms with E-state index < -0.39 is 11.9 Å². The lowest BCUT2D eigenvalue weighted by atomic mass is 10.2. The van der Waals surface area contributed by atoms with E-state index >= 15 is 0 Å². The van der Waals surface area contributed by atoms with Crippen LogP contribution in [0.15, 0.2) is 27.2 Å². The molecule has 0 aliphatic heterocycles. The quantitative estimate of drug-likeness (QED) is 0.933. The van der Waals surface area contributed by atoms with Gasteiger partial charge in [0.15, 0.2) is 0 Å². The van der Waals surface area contributed by atoms with Gasteiger partial charge in [-0.2, -0.15) is 10.2 Å². The minimum absolute atomic E-state index is 0.0107. The molecule has 7 heteroatoms. The van der Waals surface area contributed by atoms with E-state index in [4.69, 9.17) is 9.78 Å². The van der Waals surface area contributed by atoms with Gasteiger partial charge in [-0.15, -0.1) is 0 Å². The standard InChI is InChI=1S/C12H9BrFN3O2/c13-8-3-7(4-9(14)5-8)12-16-11(19-17-12)6-10(18)1-2-15/h3-5,10,18H,1,6H2. The lowest BCUT2D eigenvalue weighted by Crippen LogP contribution is -2.09. The Labute approximate surface area is 116 Å². The third-order valence-corrected chi connectivity index (χ3v) is 2.78. The first-order chi connectivity index (χ1) is 9.08. The lowest BCUT2D eigenvalue weighted by Gasteiger charge is -2.00. The molecular formula is C12H9BrFN3O2. The van der Waals surface area contributed by atoms with E-state index in [1.165, 1.54) is 12.1 Å². The molecule has 0 saturated heterocycles. The van der Waals surface area contributed by atoms with Crippen molar-refractivity contribution >= 4 is 15.9 Å². The molecule has 0 aliphatic rings. The molecule has 19 heavy (non-hydrogen) atoms. The summed E-state index contributed by atoms with van der Waals surface area (Å²) in [5.41, 5.74) is 0.469. The van der Waals surface area contributed by atoms with E-state index in [1.807, 2.05) is 6.07 Å². The molecule has 1 atom stereocenters. The summed E-state index contributed by atoms with van der Waals surface area (Å²) in [5, 5.41) is 21.6. The van der Waals surface area contributed by atoms with Gasteiger partial charge >= 0.3 is 0 Å². The molecular weight excluding hydrogens is 317 g/mol. The lowest BCUT2D eigenvalue weighted by molar-refractivity contribution is 0.167. The highest BCUT2D eigenvalue weighted by Crippen LogP contribution is 2.22. The van der Waals surface area contributed by atoms with Gasteiger partial charge in [-0.25, -0.2) is 4.39 Å². The van der Waals surface area contributed by atoms with E-state index in [1.54, 1.807) is 6.07 Å². The molecule has 0 fully saturated rings. The highest BCUT2D eigenvalue weighted by atomic mass is 79.9. The van der Waals surface area contributed by atoms with Gasteiger partial charge in [0.2, 0.25) is 11.7 Å². The van der Waals surface area contributed by atoms with Crippen molar-refractivity contribution in [2.75, 3.05) is 0 Å². The summed E-state index contributed by atoms with van der Waals surface area (Å²) in [6.45, 7) is 0. The number of aliphatic hydroxyl groups is 1. The highest BCUT2D eigenvalue weighted by Gasteiger charge is 2.14. The molecule has 0 radical (unpaired) electrons. The molecule has 98 valence electrons.